The average molecular weight is 219 g/mol. The van der Waals surface area contributed by atoms with E-state index < -0.39 is 0 Å². The Hall–Kier alpha value is -1.39. The molecule has 1 heterocycles. The third-order valence-electron chi connectivity index (χ3n) is 4.05. The van der Waals surface area contributed by atoms with Crippen molar-refractivity contribution in [3.8, 4) is 0 Å². The quantitative estimate of drug-likeness (QED) is 0.774. The SMILES string of the molecule is Nc1nc(N)nc(CC2CC3CCC2C3)n1. The van der Waals surface area contributed by atoms with Gasteiger partial charge in [-0.15, -0.1) is 0 Å². The molecule has 0 amide bonds. The van der Waals surface area contributed by atoms with Gasteiger partial charge in [0.2, 0.25) is 11.9 Å². The summed E-state index contributed by atoms with van der Waals surface area (Å²) >= 11 is 0. The van der Waals surface area contributed by atoms with Crippen LogP contribution in [0.1, 0.15) is 31.5 Å². The first-order chi connectivity index (χ1) is 7.70. The molecule has 0 saturated heterocycles. The molecule has 3 rings (SSSR count). The van der Waals surface area contributed by atoms with Crippen LogP contribution in [0.15, 0.2) is 0 Å². The first-order valence-electron chi connectivity index (χ1n) is 5.96. The van der Waals surface area contributed by atoms with E-state index in [1.165, 1.54) is 25.7 Å². The Morgan fingerprint density at radius 2 is 1.75 bits per heavy atom. The number of hydrogen-bond donors (Lipinski definition) is 2. The highest BCUT2D eigenvalue weighted by Crippen LogP contribution is 2.49. The van der Waals surface area contributed by atoms with Crippen molar-refractivity contribution < 1.29 is 0 Å². The lowest BCUT2D eigenvalue weighted by Gasteiger charge is -2.20. The molecular weight excluding hydrogens is 202 g/mol. The molecule has 4 N–H and O–H groups in total. The van der Waals surface area contributed by atoms with E-state index in [0.29, 0.717) is 0 Å². The van der Waals surface area contributed by atoms with Crippen LogP contribution in [0.3, 0.4) is 0 Å². The van der Waals surface area contributed by atoms with Crippen molar-refractivity contribution in [3.63, 3.8) is 0 Å². The average Bonchev–Trinajstić information content (AvgIpc) is 2.77. The van der Waals surface area contributed by atoms with Crippen molar-refractivity contribution in [1.29, 1.82) is 0 Å². The van der Waals surface area contributed by atoms with Crippen molar-refractivity contribution in [2.45, 2.75) is 32.1 Å². The normalized spacial score (nSPS) is 32.1. The summed E-state index contributed by atoms with van der Waals surface area (Å²) < 4.78 is 0. The molecule has 0 aliphatic heterocycles. The summed E-state index contributed by atoms with van der Waals surface area (Å²) in [7, 11) is 0. The monoisotopic (exact) mass is 219 g/mol. The number of rotatable bonds is 2. The summed E-state index contributed by atoms with van der Waals surface area (Å²) in [5.74, 6) is 3.81. The zero-order chi connectivity index (χ0) is 11.1. The molecule has 2 aliphatic rings. The topological polar surface area (TPSA) is 90.7 Å². The van der Waals surface area contributed by atoms with E-state index in [2.05, 4.69) is 15.0 Å². The molecule has 3 atom stereocenters. The smallest absolute Gasteiger partial charge is 0.225 e. The Morgan fingerprint density at radius 1 is 1.00 bits per heavy atom. The van der Waals surface area contributed by atoms with Crippen molar-refractivity contribution in [1.82, 2.24) is 15.0 Å². The summed E-state index contributed by atoms with van der Waals surface area (Å²) in [6.07, 6.45) is 6.45. The third kappa shape index (κ3) is 1.70. The molecule has 0 aromatic carbocycles. The fraction of sp³-hybridized carbons (Fsp3) is 0.727. The van der Waals surface area contributed by atoms with Crippen LogP contribution < -0.4 is 11.5 Å². The minimum Gasteiger partial charge on any atom is -0.368 e. The van der Waals surface area contributed by atoms with Crippen LogP contribution >= 0.6 is 0 Å². The van der Waals surface area contributed by atoms with Crippen LogP contribution in [0.2, 0.25) is 0 Å². The van der Waals surface area contributed by atoms with Gasteiger partial charge in [-0.05, 0) is 37.0 Å². The van der Waals surface area contributed by atoms with Gasteiger partial charge in [0.25, 0.3) is 0 Å². The largest absolute Gasteiger partial charge is 0.368 e. The summed E-state index contributed by atoms with van der Waals surface area (Å²) in [5.41, 5.74) is 11.1. The van der Waals surface area contributed by atoms with Crippen molar-refractivity contribution in [2.24, 2.45) is 17.8 Å². The maximum absolute atomic E-state index is 5.57. The van der Waals surface area contributed by atoms with E-state index in [1.54, 1.807) is 0 Å². The number of anilines is 2. The van der Waals surface area contributed by atoms with Gasteiger partial charge in [0.05, 0.1) is 0 Å². The van der Waals surface area contributed by atoms with Crippen LogP contribution in [0.4, 0.5) is 11.9 Å². The van der Waals surface area contributed by atoms with E-state index in [9.17, 15) is 0 Å². The van der Waals surface area contributed by atoms with Gasteiger partial charge in [-0.2, -0.15) is 15.0 Å². The Labute approximate surface area is 94.7 Å². The van der Waals surface area contributed by atoms with Gasteiger partial charge in [0.1, 0.15) is 5.82 Å². The van der Waals surface area contributed by atoms with Gasteiger partial charge in [0.15, 0.2) is 0 Å². The Kier molecular flexibility index (Phi) is 2.19. The van der Waals surface area contributed by atoms with Gasteiger partial charge >= 0.3 is 0 Å². The lowest BCUT2D eigenvalue weighted by molar-refractivity contribution is 0.326. The molecule has 0 spiro atoms. The van der Waals surface area contributed by atoms with Crippen molar-refractivity contribution in [3.05, 3.63) is 5.82 Å². The van der Waals surface area contributed by atoms with Crippen LogP contribution in [-0.4, -0.2) is 15.0 Å². The van der Waals surface area contributed by atoms with Crippen LogP contribution in [0.5, 0.6) is 0 Å². The summed E-state index contributed by atoms with van der Waals surface area (Å²) in [6, 6.07) is 0. The van der Waals surface area contributed by atoms with Crippen LogP contribution in [0, 0.1) is 17.8 Å². The van der Waals surface area contributed by atoms with Crippen LogP contribution in [0.25, 0.3) is 0 Å². The molecule has 2 fully saturated rings. The van der Waals surface area contributed by atoms with E-state index >= 15 is 0 Å². The Morgan fingerprint density at radius 3 is 2.31 bits per heavy atom. The van der Waals surface area contributed by atoms with Crippen LogP contribution in [-0.2, 0) is 6.42 Å². The fourth-order valence-corrected chi connectivity index (χ4v) is 3.41. The first-order valence-corrected chi connectivity index (χ1v) is 5.96. The number of nitrogen functional groups attached to an aromatic ring is 2. The van der Waals surface area contributed by atoms with E-state index in [-0.39, 0.29) is 11.9 Å². The summed E-state index contributed by atoms with van der Waals surface area (Å²) in [5, 5.41) is 0. The fourth-order valence-electron chi connectivity index (χ4n) is 3.41. The molecule has 3 unspecified atom stereocenters. The standard InChI is InChI=1S/C11H17N5/c12-10-14-9(15-11(13)16-10)5-8-4-6-1-2-7(8)3-6/h6-8H,1-5H2,(H4,12,13,14,15,16). The molecule has 2 bridgehead atoms. The summed E-state index contributed by atoms with van der Waals surface area (Å²) in [4.78, 5) is 12.1. The number of fused-ring (bicyclic) bond motifs is 2. The second-order valence-corrected chi connectivity index (χ2v) is 5.11. The Balaban J connectivity index is 1.74. The van der Waals surface area contributed by atoms with Gasteiger partial charge in [-0.25, -0.2) is 0 Å². The zero-order valence-corrected chi connectivity index (χ0v) is 9.26. The molecule has 1 aromatic heterocycles. The van der Waals surface area contributed by atoms with E-state index in [4.69, 9.17) is 11.5 Å². The number of nitrogens with zero attached hydrogens (tertiary/aromatic N) is 3. The van der Waals surface area contributed by atoms with E-state index in [1.807, 2.05) is 0 Å². The highest BCUT2D eigenvalue weighted by Gasteiger charge is 2.39. The highest BCUT2D eigenvalue weighted by molar-refractivity contribution is 5.26. The minimum atomic E-state index is 0.241. The molecule has 86 valence electrons. The zero-order valence-electron chi connectivity index (χ0n) is 9.26. The summed E-state index contributed by atoms with van der Waals surface area (Å²) in [6.45, 7) is 0. The Bertz CT molecular complexity index is 385. The second kappa shape index (κ2) is 3.57. The molecule has 2 saturated carbocycles. The lowest BCUT2D eigenvalue weighted by atomic mass is 9.86. The molecule has 0 radical (unpaired) electrons. The third-order valence-corrected chi connectivity index (χ3v) is 4.05. The maximum Gasteiger partial charge on any atom is 0.225 e. The lowest BCUT2D eigenvalue weighted by Crippen LogP contribution is -2.16. The van der Waals surface area contributed by atoms with Crippen molar-refractivity contribution in [2.75, 3.05) is 11.5 Å². The second-order valence-electron chi connectivity index (χ2n) is 5.11. The molecule has 16 heavy (non-hydrogen) atoms. The molecule has 1 aromatic rings. The predicted octanol–water partition coefficient (Wildman–Crippen LogP) is 1.01. The number of hydrogen-bond acceptors (Lipinski definition) is 5. The minimum absolute atomic E-state index is 0.241. The van der Waals surface area contributed by atoms with Crippen molar-refractivity contribution >= 4 is 11.9 Å². The molecule has 2 aliphatic carbocycles. The molecular formula is C11H17N5. The highest BCUT2D eigenvalue weighted by atomic mass is 15.1. The van der Waals surface area contributed by atoms with E-state index in [0.717, 1.165) is 30.0 Å². The van der Waals surface area contributed by atoms with Gasteiger partial charge in [-0.1, -0.05) is 6.42 Å². The molecule has 5 nitrogen and oxygen atoms in total. The number of nitrogens with two attached hydrogens (primary N) is 2. The maximum atomic E-state index is 5.57. The van der Waals surface area contributed by atoms with Gasteiger partial charge in [-0.3, -0.25) is 0 Å². The van der Waals surface area contributed by atoms with Gasteiger partial charge < -0.3 is 11.5 Å². The predicted molar refractivity (Wildman–Crippen MR) is 61.3 cm³/mol. The molecule has 5 heteroatoms. The number of aromatic nitrogens is 3. The van der Waals surface area contributed by atoms with Gasteiger partial charge in [0, 0.05) is 6.42 Å². The first kappa shape index (κ1) is 9.81.